The van der Waals surface area contributed by atoms with Crippen LogP contribution in [0.3, 0.4) is 0 Å². The predicted molar refractivity (Wildman–Crippen MR) is 51.5 cm³/mol. The zero-order chi connectivity index (χ0) is 13.4. The molecule has 0 unspecified atom stereocenters. The van der Waals surface area contributed by atoms with E-state index in [1.807, 2.05) is 0 Å². The zero-order valence-corrected chi connectivity index (χ0v) is 9.70. The lowest BCUT2D eigenvalue weighted by molar-refractivity contribution is -0.275. The lowest BCUT2D eigenvalue weighted by Crippen LogP contribution is -2.24. The molecule has 0 aromatic carbocycles. The Hall–Kier alpha value is -1.22. The van der Waals surface area contributed by atoms with Gasteiger partial charge in [-0.3, -0.25) is 4.79 Å². The third-order valence-electron chi connectivity index (χ3n) is 1.63. The molecule has 0 amide bonds. The molecule has 17 heavy (non-hydrogen) atoms. The first-order valence-electron chi connectivity index (χ1n) is 3.95. The quantitative estimate of drug-likeness (QED) is 0.838. The Labute approximate surface area is 97.6 Å². The third kappa shape index (κ3) is 3.63. The largest absolute Gasteiger partial charge is 0.573 e. The highest BCUT2D eigenvalue weighted by molar-refractivity contribution is 8.13. The van der Waals surface area contributed by atoms with Crippen molar-refractivity contribution in [1.29, 1.82) is 0 Å². The second kappa shape index (κ2) is 4.22. The Morgan fingerprint density at radius 2 is 1.94 bits per heavy atom. The molecule has 0 fully saturated rings. The van der Waals surface area contributed by atoms with Crippen LogP contribution < -0.4 is 10.3 Å². The van der Waals surface area contributed by atoms with Crippen molar-refractivity contribution in [3.05, 3.63) is 22.0 Å². The smallest absolute Gasteiger partial charge is 0.400 e. The van der Waals surface area contributed by atoms with Gasteiger partial charge >= 0.3 is 6.36 Å². The van der Waals surface area contributed by atoms with Gasteiger partial charge in [-0.2, -0.15) is 0 Å². The monoisotopic (exact) mass is 291 g/mol. The molecular formula is C7H5ClF3NO4S. The molecular weight excluding hydrogens is 287 g/mol. The van der Waals surface area contributed by atoms with Crippen LogP contribution in [0.1, 0.15) is 5.56 Å². The van der Waals surface area contributed by atoms with Gasteiger partial charge in [0.15, 0.2) is 10.8 Å². The van der Waals surface area contributed by atoms with Crippen molar-refractivity contribution in [3.8, 4) is 5.75 Å². The molecule has 0 aliphatic carbocycles. The number of aromatic amines is 1. The summed E-state index contributed by atoms with van der Waals surface area (Å²) in [5.74, 6) is -1.03. The summed E-state index contributed by atoms with van der Waals surface area (Å²) in [4.78, 5) is 12.9. The van der Waals surface area contributed by atoms with Crippen LogP contribution in [0.2, 0.25) is 0 Å². The molecule has 1 N–H and O–H groups in total. The number of pyridine rings is 1. The van der Waals surface area contributed by atoms with Crippen LogP contribution in [0.4, 0.5) is 13.2 Å². The van der Waals surface area contributed by atoms with Crippen molar-refractivity contribution in [1.82, 2.24) is 4.98 Å². The number of aromatic nitrogens is 1. The molecule has 10 heteroatoms. The van der Waals surface area contributed by atoms with Gasteiger partial charge in [-0.15, -0.1) is 13.2 Å². The first-order chi connectivity index (χ1) is 7.50. The summed E-state index contributed by atoms with van der Waals surface area (Å²) in [6.45, 7) is 1.09. The minimum absolute atomic E-state index is 0.301. The van der Waals surface area contributed by atoms with E-state index in [1.165, 1.54) is 0 Å². The highest BCUT2D eigenvalue weighted by atomic mass is 35.7. The molecule has 0 aliphatic rings. The molecule has 5 nitrogen and oxygen atoms in total. The van der Waals surface area contributed by atoms with Gasteiger partial charge in [0, 0.05) is 16.2 Å². The summed E-state index contributed by atoms with van der Waals surface area (Å²) in [5, 5.41) is -0.698. The molecule has 1 heterocycles. The molecule has 0 atom stereocenters. The summed E-state index contributed by atoms with van der Waals surface area (Å²) < 4.78 is 60.9. The molecule has 1 aromatic heterocycles. The van der Waals surface area contributed by atoms with E-state index in [4.69, 9.17) is 10.7 Å². The van der Waals surface area contributed by atoms with Gasteiger partial charge in [-0.1, -0.05) is 0 Å². The zero-order valence-electron chi connectivity index (χ0n) is 8.13. The molecule has 1 rings (SSSR count). The molecule has 0 spiro atoms. The second-order valence-electron chi connectivity index (χ2n) is 2.96. The standard InChI is InChI=1S/C7H5ClF3NO4S/c1-3-2-4(17(8,14)15)12-6(13)5(3)16-7(9,10)11/h2H,1H3,(H,12,13). The van der Waals surface area contributed by atoms with E-state index in [2.05, 4.69) is 4.74 Å². The number of rotatable bonds is 2. The molecule has 0 aliphatic heterocycles. The van der Waals surface area contributed by atoms with E-state index >= 15 is 0 Å². The number of hydrogen-bond donors (Lipinski definition) is 1. The van der Waals surface area contributed by atoms with Crippen molar-refractivity contribution >= 4 is 19.7 Å². The molecule has 0 radical (unpaired) electrons. The van der Waals surface area contributed by atoms with Crippen molar-refractivity contribution in [2.75, 3.05) is 0 Å². The van der Waals surface area contributed by atoms with E-state index < -0.39 is 31.7 Å². The van der Waals surface area contributed by atoms with Gasteiger partial charge < -0.3 is 9.72 Å². The molecule has 0 bridgehead atoms. The lowest BCUT2D eigenvalue weighted by atomic mass is 10.3. The SMILES string of the molecule is Cc1cc(S(=O)(=O)Cl)[nH]c(=O)c1OC(F)(F)F. The molecule has 0 saturated heterocycles. The summed E-state index contributed by atoms with van der Waals surface area (Å²) in [6.07, 6.45) is -5.04. The van der Waals surface area contributed by atoms with Gasteiger partial charge in [0.1, 0.15) is 0 Å². The Balaban J connectivity index is 3.36. The first kappa shape index (κ1) is 13.8. The molecule has 0 saturated carbocycles. The fourth-order valence-corrected chi connectivity index (χ4v) is 1.80. The lowest BCUT2D eigenvalue weighted by Gasteiger charge is -2.10. The summed E-state index contributed by atoms with van der Waals surface area (Å²) in [7, 11) is 0.699. The Morgan fingerprint density at radius 1 is 1.41 bits per heavy atom. The topological polar surface area (TPSA) is 76.2 Å². The minimum atomic E-state index is -5.04. The van der Waals surface area contributed by atoms with Crippen molar-refractivity contribution in [2.45, 2.75) is 18.3 Å². The number of ether oxygens (including phenoxy) is 1. The number of aryl methyl sites for hydroxylation is 1. The Kier molecular flexibility index (Phi) is 3.44. The fourth-order valence-electron chi connectivity index (χ4n) is 1.02. The van der Waals surface area contributed by atoms with E-state index in [0.29, 0.717) is 0 Å². The maximum atomic E-state index is 11.9. The van der Waals surface area contributed by atoms with Crippen LogP contribution in [0.15, 0.2) is 15.9 Å². The first-order valence-corrected chi connectivity index (χ1v) is 6.26. The molecule has 1 aromatic rings. The van der Waals surface area contributed by atoms with Crippen LogP contribution in [0, 0.1) is 6.92 Å². The van der Waals surface area contributed by atoms with E-state index in [0.717, 1.165) is 13.0 Å². The summed E-state index contributed by atoms with van der Waals surface area (Å²) >= 11 is 0. The van der Waals surface area contributed by atoms with Crippen molar-refractivity contribution in [2.24, 2.45) is 0 Å². The maximum absolute atomic E-state index is 11.9. The number of alkyl halides is 3. The van der Waals surface area contributed by atoms with Gasteiger partial charge in [-0.25, -0.2) is 8.42 Å². The van der Waals surface area contributed by atoms with E-state index in [9.17, 15) is 26.4 Å². The van der Waals surface area contributed by atoms with Crippen LogP contribution in [-0.2, 0) is 9.05 Å². The number of halogens is 4. The van der Waals surface area contributed by atoms with E-state index in [1.54, 1.807) is 4.98 Å². The maximum Gasteiger partial charge on any atom is 0.573 e. The Morgan fingerprint density at radius 3 is 2.29 bits per heavy atom. The fraction of sp³-hybridized carbons (Fsp3) is 0.286. The number of hydrogen-bond acceptors (Lipinski definition) is 4. The molecule has 96 valence electrons. The second-order valence-corrected chi connectivity index (χ2v) is 5.49. The van der Waals surface area contributed by atoms with Gasteiger partial charge in [0.2, 0.25) is 0 Å². The van der Waals surface area contributed by atoms with Crippen LogP contribution in [0.5, 0.6) is 5.75 Å². The average Bonchev–Trinajstić information content (AvgIpc) is 2.07. The normalized spacial score (nSPS) is 12.5. The average molecular weight is 292 g/mol. The van der Waals surface area contributed by atoms with Gasteiger partial charge in [0.25, 0.3) is 14.6 Å². The van der Waals surface area contributed by atoms with Crippen LogP contribution >= 0.6 is 10.7 Å². The van der Waals surface area contributed by atoms with Crippen molar-refractivity contribution < 1.29 is 26.3 Å². The predicted octanol–water partition coefficient (Wildman–Crippen LogP) is 1.51. The number of H-pyrrole nitrogens is 1. The highest BCUT2D eigenvalue weighted by Gasteiger charge is 2.33. The van der Waals surface area contributed by atoms with Crippen LogP contribution in [0.25, 0.3) is 0 Å². The summed E-state index contributed by atoms with van der Waals surface area (Å²) in [6, 6.07) is 0.769. The van der Waals surface area contributed by atoms with E-state index in [-0.39, 0.29) is 5.56 Å². The van der Waals surface area contributed by atoms with Crippen molar-refractivity contribution in [3.63, 3.8) is 0 Å². The minimum Gasteiger partial charge on any atom is -0.400 e. The number of nitrogens with one attached hydrogen (secondary N) is 1. The Bertz CT molecular complexity index is 592. The van der Waals surface area contributed by atoms with Crippen LogP contribution in [-0.4, -0.2) is 19.8 Å². The van der Waals surface area contributed by atoms with Gasteiger partial charge in [-0.05, 0) is 13.0 Å². The third-order valence-corrected chi connectivity index (χ3v) is 2.87. The highest BCUT2D eigenvalue weighted by Crippen LogP contribution is 2.24. The van der Waals surface area contributed by atoms with Gasteiger partial charge in [0.05, 0.1) is 0 Å². The summed E-state index contributed by atoms with van der Waals surface area (Å²) in [5.41, 5.74) is -1.63.